The van der Waals surface area contributed by atoms with Gasteiger partial charge in [0.25, 0.3) is 5.56 Å². The van der Waals surface area contributed by atoms with Crippen LogP contribution in [0.25, 0.3) is 10.9 Å². The molecule has 1 heterocycles. The van der Waals surface area contributed by atoms with E-state index in [2.05, 4.69) is 11.9 Å². The Morgan fingerprint density at radius 3 is 2.88 bits per heavy atom. The van der Waals surface area contributed by atoms with E-state index in [1.165, 1.54) is 0 Å². The molecule has 0 atom stereocenters. The molecule has 5 heteroatoms. The first-order chi connectivity index (χ1) is 11.7. The zero-order valence-corrected chi connectivity index (χ0v) is 14.3. The normalized spacial score (nSPS) is 10.9. The minimum absolute atomic E-state index is 0.0136. The largest absolute Gasteiger partial charge is 0.494 e. The third-order valence-corrected chi connectivity index (χ3v) is 4.31. The molecule has 1 aromatic heterocycles. The van der Waals surface area contributed by atoms with E-state index < -0.39 is 0 Å². The van der Waals surface area contributed by atoms with Crippen LogP contribution < -0.4 is 10.3 Å². The van der Waals surface area contributed by atoms with E-state index in [1.54, 1.807) is 17.0 Å². The molecule has 4 nitrogen and oxygen atoms in total. The summed E-state index contributed by atoms with van der Waals surface area (Å²) in [6.45, 7) is 3.17. The first-order valence-electron chi connectivity index (χ1n) is 8.04. The molecule has 0 saturated carbocycles. The second-order valence-electron chi connectivity index (χ2n) is 5.57. The Bertz CT molecular complexity index is 905. The standard InChI is InChI=1S/C19H19ClN2O2/c1-2-14-12-15(8-9-17(14)20)24-11-5-10-22-13-21-18-7-4-3-6-16(18)19(22)23/h3-4,6-9,12-13H,2,5,10-11H2,1H3. The zero-order valence-electron chi connectivity index (χ0n) is 13.5. The van der Waals surface area contributed by atoms with Crippen molar-refractivity contribution in [3.63, 3.8) is 0 Å². The lowest BCUT2D eigenvalue weighted by molar-refractivity contribution is 0.300. The Hall–Kier alpha value is -2.33. The number of aryl methyl sites for hydroxylation is 2. The third-order valence-electron chi connectivity index (χ3n) is 3.94. The number of halogens is 1. The predicted molar refractivity (Wildman–Crippen MR) is 96.9 cm³/mol. The molecule has 0 aliphatic heterocycles. The van der Waals surface area contributed by atoms with Crippen molar-refractivity contribution < 1.29 is 4.74 Å². The second-order valence-corrected chi connectivity index (χ2v) is 5.98. The first-order valence-corrected chi connectivity index (χ1v) is 8.42. The van der Waals surface area contributed by atoms with Gasteiger partial charge in [0.1, 0.15) is 5.75 Å². The Kier molecular flexibility index (Phi) is 5.16. The van der Waals surface area contributed by atoms with Crippen LogP contribution in [-0.4, -0.2) is 16.2 Å². The molecule has 0 fully saturated rings. The first kappa shape index (κ1) is 16.5. The molecule has 0 aliphatic rings. The number of rotatable bonds is 6. The van der Waals surface area contributed by atoms with E-state index in [4.69, 9.17) is 16.3 Å². The van der Waals surface area contributed by atoms with Crippen molar-refractivity contribution in [3.8, 4) is 5.75 Å². The summed E-state index contributed by atoms with van der Waals surface area (Å²) < 4.78 is 7.39. The van der Waals surface area contributed by atoms with E-state index >= 15 is 0 Å². The Morgan fingerprint density at radius 1 is 1.21 bits per heavy atom. The van der Waals surface area contributed by atoms with Gasteiger partial charge in [0.05, 0.1) is 23.8 Å². The van der Waals surface area contributed by atoms with Crippen LogP contribution in [0.5, 0.6) is 5.75 Å². The molecule has 0 amide bonds. The van der Waals surface area contributed by atoms with Gasteiger partial charge in [0.15, 0.2) is 0 Å². The molecule has 0 bridgehead atoms. The van der Waals surface area contributed by atoms with Gasteiger partial charge in [-0.05, 0) is 48.7 Å². The van der Waals surface area contributed by atoms with E-state index in [1.807, 2.05) is 36.4 Å². The highest BCUT2D eigenvalue weighted by atomic mass is 35.5. The molecule has 3 aromatic rings. The highest BCUT2D eigenvalue weighted by Crippen LogP contribution is 2.22. The van der Waals surface area contributed by atoms with Gasteiger partial charge in [0.2, 0.25) is 0 Å². The maximum atomic E-state index is 12.4. The molecule has 0 unspecified atom stereocenters. The van der Waals surface area contributed by atoms with Crippen molar-refractivity contribution in [2.45, 2.75) is 26.3 Å². The fourth-order valence-electron chi connectivity index (χ4n) is 2.60. The van der Waals surface area contributed by atoms with E-state index in [9.17, 15) is 4.79 Å². The van der Waals surface area contributed by atoms with Crippen LogP contribution in [0.4, 0.5) is 0 Å². The minimum Gasteiger partial charge on any atom is -0.494 e. The van der Waals surface area contributed by atoms with Crippen molar-refractivity contribution >= 4 is 22.5 Å². The fourth-order valence-corrected chi connectivity index (χ4v) is 2.85. The summed E-state index contributed by atoms with van der Waals surface area (Å²) in [5.74, 6) is 0.806. The summed E-state index contributed by atoms with van der Waals surface area (Å²) in [7, 11) is 0. The van der Waals surface area contributed by atoms with Crippen LogP contribution in [0, 0.1) is 0 Å². The van der Waals surface area contributed by atoms with E-state index in [-0.39, 0.29) is 5.56 Å². The van der Waals surface area contributed by atoms with Crippen molar-refractivity contribution in [2.75, 3.05) is 6.61 Å². The average molecular weight is 343 g/mol. The smallest absolute Gasteiger partial charge is 0.261 e. The Labute approximate surface area is 145 Å². The molecule has 3 rings (SSSR count). The van der Waals surface area contributed by atoms with Crippen LogP contribution in [-0.2, 0) is 13.0 Å². The van der Waals surface area contributed by atoms with Gasteiger partial charge in [-0.2, -0.15) is 0 Å². The summed E-state index contributed by atoms with van der Waals surface area (Å²) in [6, 6.07) is 13.1. The molecular formula is C19H19ClN2O2. The fraction of sp³-hybridized carbons (Fsp3) is 0.263. The quantitative estimate of drug-likeness (QED) is 0.634. The maximum Gasteiger partial charge on any atom is 0.261 e. The third kappa shape index (κ3) is 3.60. The molecule has 0 saturated heterocycles. The highest BCUT2D eigenvalue weighted by molar-refractivity contribution is 6.31. The number of benzene rings is 2. The summed E-state index contributed by atoms with van der Waals surface area (Å²) >= 11 is 6.10. The monoisotopic (exact) mass is 342 g/mol. The van der Waals surface area contributed by atoms with Crippen molar-refractivity contribution in [1.82, 2.24) is 9.55 Å². The van der Waals surface area contributed by atoms with Gasteiger partial charge < -0.3 is 4.74 Å². The van der Waals surface area contributed by atoms with Crippen LogP contribution in [0.3, 0.4) is 0 Å². The van der Waals surface area contributed by atoms with Gasteiger partial charge in [-0.25, -0.2) is 4.98 Å². The summed E-state index contributed by atoms with van der Waals surface area (Å²) in [6.07, 6.45) is 3.19. The number of hydrogen-bond acceptors (Lipinski definition) is 3. The number of aromatic nitrogens is 2. The van der Waals surface area contributed by atoms with Crippen LogP contribution in [0.15, 0.2) is 53.6 Å². The second kappa shape index (κ2) is 7.49. The lowest BCUT2D eigenvalue weighted by atomic mass is 10.1. The molecule has 0 N–H and O–H groups in total. The van der Waals surface area contributed by atoms with Gasteiger partial charge in [-0.3, -0.25) is 9.36 Å². The van der Waals surface area contributed by atoms with Crippen LogP contribution in [0.1, 0.15) is 18.9 Å². The summed E-state index contributed by atoms with van der Waals surface area (Å²) in [4.78, 5) is 16.7. The van der Waals surface area contributed by atoms with Gasteiger partial charge in [-0.1, -0.05) is 30.7 Å². The van der Waals surface area contributed by atoms with Gasteiger partial charge in [0, 0.05) is 11.6 Å². The average Bonchev–Trinajstić information content (AvgIpc) is 2.62. The van der Waals surface area contributed by atoms with E-state index in [0.29, 0.717) is 18.5 Å². The number of ether oxygens (including phenoxy) is 1. The molecule has 124 valence electrons. The zero-order chi connectivity index (χ0) is 16.9. The minimum atomic E-state index is -0.0136. The summed E-state index contributed by atoms with van der Waals surface area (Å²) in [5.41, 5.74) is 1.78. The predicted octanol–water partition coefficient (Wildman–Crippen LogP) is 4.08. The Balaban J connectivity index is 1.61. The number of nitrogens with zero attached hydrogens (tertiary/aromatic N) is 2. The molecule has 2 aromatic carbocycles. The van der Waals surface area contributed by atoms with Crippen molar-refractivity contribution in [1.29, 1.82) is 0 Å². The maximum absolute atomic E-state index is 12.4. The number of para-hydroxylation sites is 1. The SMILES string of the molecule is CCc1cc(OCCCn2cnc3ccccc3c2=O)ccc1Cl. The topological polar surface area (TPSA) is 44.1 Å². The van der Waals surface area contributed by atoms with E-state index in [0.717, 1.165) is 34.7 Å². The van der Waals surface area contributed by atoms with Crippen LogP contribution in [0.2, 0.25) is 5.02 Å². The molecular weight excluding hydrogens is 324 g/mol. The van der Waals surface area contributed by atoms with Gasteiger partial charge >= 0.3 is 0 Å². The molecule has 24 heavy (non-hydrogen) atoms. The highest BCUT2D eigenvalue weighted by Gasteiger charge is 2.04. The van der Waals surface area contributed by atoms with Crippen molar-refractivity contribution in [2.24, 2.45) is 0 Å². The lowest BCUT2D eigenvalue weighted by Gasteiger charge is -2.10. The van der Waals surface area contributed by atoms with Crippen molar-refractivity contribution in [3.05, 3.63) is 69.7 Å². The van der Waals surface area contributed by atoms with Gasteiger partial charge in [-0.15, -0.1) is 0 Å². The summed E-state index contributed by atoms with van der Waals surface area (Å²) in [5, 5.41) is 1.41. The Morgan fingerprint density at radius 2 is 2.04 bits per heavy atom. The molecule has 0 spiro atoms. The number of fused-ring (bicyclic) bond motifs is 1. The lowest BCUT2D eigenvalue weighted by Crippen LogP contribution is -2.21. The molecule has 0 radical (unpaired) electrons. The van der Waals surface area contributed by atoms with Crippen LogP contribution >= 0.6 is 11.6 Å². The molecule has 0 aliphatic carbocycles. The number of hydrogen-bond donors (Lipinski definition) is 0.